The average molecular weight is 559 g/mol. The minimum atomic E-state index is -0.938. The SMILES string of the molecule is COc1ccc(C(OC[C@H]2O[C@@H]3[C@@H](Oc4nc(=O)ccn43)[C@@H]2SCCO)(c2ccccc2)c2ccccc2)cc1. The molecular formula is C31H30N2O6S. The Morgan fingerprint density at radius 2 is 1.60 bits per heavy atom. The van der Waals surface area contributed by atoms with E-state index in [4.69, 9.17) is 18.9 Å². The lowest BCUT2D eigenvalue weighted by Crippen LogP contribution is -2.39. The first kappa shape index (κ1) is 26.6. The molecular weight excluding hydrogens is 528 g/mol. The summed E-state index contributed by atoms with van der Waals surface area (Å²) in [7, 11) is 1.65. The van der Waals surface area contributed by atoms with E-state index in [0.717, 1.165) is 22.4 Å². The van der Waals surface area contributed by atoms with E-state index in [2.05, 4.69) is 29.2 Å². The van der Waals surface area contributed by atoms with Gasteiger partial charge in [-0.2, -0.15) is 4.98 Å². The van der Waals surface area contributed by atoms with Gasteiger partial charge >= 0.3 is 6.01 Å². The number of aromatic nitrogens is 2. The third-order valence-corrected chi connectivity index (χ3v) is 8.70. The Bertz CT molecular complexity index is 1440. The van der Waals surface area contributed by atoms with Gasteiger partial charge in [0, 0.05) is 18.0 Å². The fourth-order valence-electron chi connectivity index (χ4n) is 5.51. The number of ether oxygens (including phenoxy) is 4. The fraction of sp³-hybridized carbons (Fsp3) is 0.290. The number of methoxy groups -OCH3 is 1. The topological polar surface area (TPSA) is 92.0 Å². The molecule has 40 heavy (non-hydrogen) atoms. The predicted molar refractivity (Wildman–Crippen MR) is 152 cm³/mol. The van der Waals surface area contributed by atoms with Gasteiger partial charge in [0.1, 0.15) is 11.4 Å². The van der Waals surface area contributed by atoms with Crippen molar-refractivity contribution in [2.24, 2.45) is 0 Å². The highest BCUT2D eigenvalue weighted by Gasteiger charge is 2.52. The van der Waals surface area contributed by atoms with Gasteiger partial charge in [0.15, 0.2) is 12.3 Å². The van der Waals surface area contributed by atoms with Crippen molar-refractivity contribution in [2.75, 3.05) is 26.1 Å². The van der Waals surface area contributed by atoms with Crippen molar-refractivity contribution >= 4 is 11.8 Å². The number of fused-ring (bicyclic) bond motifs is 3. The van der Waals surface area contributed by atoms with Crippen LogP contribution in [0.1, 0.15) is 22.9 Å². The molecule has 1 fully saturated rings. The van der Waals surface area contributed by atoms with Gasteiger partial charge in [0.05, 0.1) is 31.7 Å². The minimum absolute atomic E-state index is 0.0268. The van der Waals surface area contributed by atoms with Crippen molar-refractivity contribution in [1.29, 1.82) is 0 Å². The van der Waals surface area contributed by atoms with E-state index in [9.17, 15) is 9.90 Å². The van der Waals surface area contributed by atoms with Crippen LogP contribution in [0.2, 0.25) is 0 Å². The summed E-state index contributed by atoms with van der Waals surface area (Å²) in [6.45, 7) is 0.275. The van der Waals surface area contributed by atoms with Gasteiger partial charge in [0.2, 0.25) is 0 Å². The summed E-state index contributed by atoms with van der Waals surface area (Å²) in [5.74, 6) is 1.27. The maximum absolute atomic E-state index is 11.8. The summed E-state index contributed by atoms with van der Waals surface area (Å²) in [4.78, 5) is 15.8. The van der Waals surface area contributed by atoms with Crippen molar-refractivity contribution in [3.8, 4) is 11.8 Å². The average Bonchev–Trinajstić information content (AvgIpc) is 3.52. The van der Waals surface area contributed by atoms with Gasteiger partial charge in [-0.3, -0.25) is 9.36 Å². The monoisotopic (exact) mass is 558 g/mol. The van der Waals surface area contributed by atoms with E-state index < -0.39 is 11.8 Å². The summed E-state index contributed by atoms with van der Waals surface area (Å²) in [6, 6.07) is 29.9. The Morgan fingerprint density at radius 3 is 2.23 bits per heavy atom. The Hall–Kier alpha value is -3.63. The zero-order valence-corrected chi connectivity index (χ0v) is 22.8. The Labute approximate surface area is 236 Å². The molecule has 0 amide bonds. The lowest BCUT2D eigenvalue weighted by molar-refractivity contribution is -0.0759. The van der Waals surface area contributed by atoms with Crippen molar-refractivity contribution in [3.05, 3.63) is 124 Å². The number of aliphatic hydroxyl groups excluding tert-OH is 1. The van der Waals surface area contributed by atoms with Gasteiger partial charge in [-0.15, -0.1) is 11.8 Å². The van der Waals surface area contributed by atoms with Crippen LogP contribution in [0.3, 0.4) is 0 Å². The lowest BCUT2D eigenvalue weighted by Gasteiger charge is -2.37. The second-order valence-corrected chi connectivity index (χ2v) is 10.9. The molecule has 4 aromatic rings. The van der Waals surface area contributed by atoms with E-state index >= 15 is 0 Å². The highest BCUT2D eigenvalue weighted by molar-refractivity contribution is 8.00. The van der Waals surface area contributed by atoms with E-state index in [1.165, 1.54) is 6.07 Å². The molecule has 0 aliphatic carbocycles. The van der Waals surface area contributed by atoms with Crippen LogP contribution < -0.4 is 15.0 Å². The summed E-state index contributed by atoms with van der Waals surface area (Å²) >= 11 is 1.57. The molecule has 3 aromatic carbocycles. The van der Waals surface area contributed by atoms with Crippen molar-refractivity contribution in [1.82, 2.24) is 9.55 Å². The number of aliphatic hydroxyl groups is 1. The maximum atomic E-state index is 11.8. The molecule has 4 atom stereocenters. The first-order valence-corrected chi connectivity index (χ1v) is 14.2. The third-order valence-electron chi connectivity index (χ3n) is 7.33. The van der Waals surface area contributed by atoms with Gasteiger partial charge in [-0.25, -0.2) is 0 Å². The van der Waals surface area contributed by atoms with Crippen LogP contribution in [-0.2, 0) is 15.1 Å². The molecule has 1 N–H and O–H groups in total. The van der Waals surface area contributed by atoms with E-state index in [1.54, 1.807) is 29.6 Å². The highest BCUT2D eigenvalue weighted by atomic mass is 32.2. The first-order valence-electron chi connectivity index (χ1n) is 13.2. The van der Waals surface area contributed by atoms with Gasteiger partial charge in [-0.05, 0) is 28.8 Å². The highest BCUT2D eigenvalue weighted by Crippen LogP contribution is 2.46. The summed E-state index contributed by atoms with van der Waals surface area (Å²) < 4.78 is 26.9. The largest absolute Gasteiger partial charge is 0.497 e. The van der Waals surface area contributed by atoms with E-state index in [1.807, 2.05) is 60.7 Å². The zero-order chi connectivity index (χ0) is 27.5. The number of rotatable bonds is 10. The fourth-order valence-corrected chi connectivity index (χ4v) is 6.62. The van der Waals surface area contributed by atoms with Crippen LogP contribution in [-0.4, -0.2) is 58.2 Å². The first-order chi connectivity index (χ1) is 19.6. The van der Waals surface area contributed by atoms with Crippen LogP contribution in [0.25, 0.3) is 0 Å². The van der Waals surface area contributed by atoms with E-state index in [-0.39, 0.29) is 42.2 Å². The molecule has 9 heteroatoms. The molecule has 0 radical (unpaired) electrons. The van der Waals surface area contributed by atoms with Gasteiger partial charge in [0.25, 0.3) is 5.56 Å². The number of nitrogens with zero attached hydrogens (tertiary/aromatic N) is 2. The minimum Gasteiger partial charge on any atom is -0.497 e. The summed E-state index contributed by atoms with van der Waals surface area (Å²) in [6.07, 6.45) is 0.478. The third kappa shape index (κ3) is 4.79. The molecule has 2 aliphatic heterocycles. The Balaban J connectivity index is 1.39. The second kappa shape index (κ2) is 11.5. The van der Waals surface area contributed by atoms with Crippen LogP contribution in [0.15, 0.2) is 102 Å². The molecule has 2 aliphatic rings. The Kier molecular flexibility index (Phi) is 7.62. The number of thioether (sulfide) groups is 1. The summed E-state index contributed by atoms with van der Waals surface area (Å²) in [5.41, 5.74) is 1.61. The Morgan fingerprint density at radius 1 is 0.950 bits per heavy atom. The smallest absolute Gasteiger partial charge is 0.302 e. The second-order valence-electron chi connectivity index (χ2n) is 9.61. The molecule has 3 heterocycles. The molecule has 0 saturated carbocycles. The standard InChI is InChI=1S/C31H30N2O6S/c1-36-24-14-12-23(13-15-24)31(21-8-4-2-5-9-21,22-10-6-3-7-11-22)37-20-25-28(40-19-18-34)27-29(38-25)33-17-16-26(35)32-30(33)39-27/h2-17,25,27-29,34H,18-20H2,1H3/t25-,27+,28-,29-/m1/s1. The van der Waals surface area contributed by atoms with Gasteiger partial charge < -0.3 is 24.1 Å². The molecule has 0 spiro atoms. The van der Waals surface area contributed by atoms with Crippen LogP contribution in [0.5, 0.6) is 11.8 Å². The van der Waals surface area contributed by atoms with Gasteiger partial charge in [-0.1, -0.05) is 72.8 Å². The van der Waals surface area contributed by atoms with Crippen LogP contribution in [0.4, 0.5) is 0 Å². The van der Waals surface area contributed by atoms with E-state index in [0.29, 0.717) is 5.75 Å². The molecule has 8 nitrogen and oxygen atoms in total. The molecule has 6 rings (SSSR count). The summed E-state index contributed by atoms with van der Waals surface area (Å²) in [5, 5.41) is 9.45. The zero-order valence-electron chi connectivity index (χ0n) is 22.0. The van der Waals surface area contributed by atoms with Crippen LogP contribution >= 0.6 is 11.8 Å². The quantitative estimate of drug-likeness (QED) is 0.292. The normalized spacial score (nSPS) is 21.4. The maximum Gasteiger partial charge on any atom is 0.302 e. The molecule has 0 bridgehead atoms. The van der Waals surface area contributed by atoms with Crippen LogP contribution in [0, 0.1) is 0 Å². The number of benzene rings is 3. The van der Waals surface area contributed by atoms with Crippen molar-refractivity contribution in [2.45, 2.75) is 29.3 Å². The molecule has 206 valence electrons. The number of hydrogen-bond donors (Lipinski definition) is 1. The predicted octanol–water partition coefficient (Wildman–Crippen LogP) is 4.01. The molecule has 1 aromatic heterocycles. The molecule has 1 saturated heterocycles. The van der Waals surface area contributed by atoms with Crippen molar-refractivity contribution < 1.29 is 24.1 Å². The lowest BCUT2D eigenvalue weighted by atomic mass is 9.80. The van der Waals surface area contributed by atoms with Crippen molar-refractivity contribution in [3.63, 3.8) is 0 Å². The number of hydrogen-bond acceptors (Lipinski definition) is 8. The molecule has 0 unspecified atom stereocenters.